The molecular weight excluding hydrogens is 344 g/mol. The van der Waals surface area contributed by atoms with Gasteiger partial charge in [-0.25, -0.2) is 9.79 Å². The summed E-state index contributed by atoms with van der Waals surface area (Å²) < 4.78 is 10.9. The third kappa shape index (κ3) is 4.94. The topological polar surface area (TPSA) is 77.0 Å². The van der Waals surface area contributed by atoms with Gasteiger partial charge in [-0.1, -0.05) is 12.2 Å². The first kappa shape index (κ1) is 18.6. The summed E-state index contributed by atoms with van der Waals surface area (Å²) in [4.78, 5) is 27.5. The monoisotopic (exact) mass is 366 g/mol. The summed E-state index contributed by atoms with van der Waals surface area (Å²) in [5, 5.41) is 2.73. The van der Waals surface area contributed by atoms with Gasteiger partial charge in [0.05, 0.1) is 6.10 Å². The van der Waals surface area contributed by atoms with Gasteiger partial charge in [0.2, 0.25) is 11.8 Å². The molecule has 1 heterocycles. The molecule has 0 aromatic heterocycles. The molecule has 0 bridgehead atoms. The lowest BCUT2D eigenvalue weighted by Gasteiger charge is -2.12. The Hall–Kier alpha value is -3.15. The van der Waals surface area contributed by atoms with Crippen LogP contribution in [0.3, 0.4) is 0 Å². The molecule has 140 valence electrons. The van der Waals surface area contributed by atoms with E-state index in [-0.39, 0.29) is 23.8 Å². The second kappa shape index (κ2) is 8.03. The third-order valence-corrected chi connectivity index (χ3v) is 3.92. The van der Waals surface area contributed by atoms with Crippen molar-refractivity contribution in [2.75, 3.05) is 0 Å². The van der Waals surface area contributed by atoms with Crippen LogP contribution in [0.4, 0.5) is 0 Å². The molecule has 0 saturated heterocycles. The van der Waals surface area contributed by atoms with Crippen molar-refractivity contribution in [3.8, 4) is 5.75 Å². The highest BCUT2D eigenvalue weighted by Crippen LogP contribution is 2.23. The Morgan fingerprint density at radius 3 is 2.67 bits per heavy atom. The normalized spacial score (nSPS) is 20.4. The van der Waals surface area contributed by atoms with Crippen LogP contribution in [-0.4, -0.2) is 23.9 Å². The molecular formula is C21H22N2O4. The molecule has 6 heteroatoms. The van der Waals surface area contributed by atoms with Gasteiger partial charge in [0.25, 0.3) is 0 Å². The van der Waals surface area contributed by atoms with Gasteiger partial charge in [-0.3, -0.25) is 4.79 Å². The minimum absolute atomic E-state index is 0.0231. The fourth-order valence-corrected chi connectivity index (χ4v) is 2.75. The van der Waals surface area contributed by atoms with Crippen LogP contribution in [0.15, 0.2) is 65.0 Å². The van der Waals surface area contributed by atoms with Gasteiger partial charge in [0.15, 0.2) is 0 Å². The molecule has 0 radical (unpaired) electrons. The van der Waals surface area contributed by atoms with Gasteiger partial charge in [-0.15, -0.1) is 0 Å². The molecule has 27 heavy (non-hydrogen) atoms. The number of carbonyl (C=O) groups excluding carboxylic acids is 2. The first-order chi connectivity index (χ1) is 12.9. The Morgan fingerprint density at radius 1 is 1.33 bits per heavy atom. The standard InChI is InChI=1S/C21H22N2O4/c1-13(2)26-18-10-6-16(7-11-18)20-23-19(21(25)27-20)12-15-4-8-17(9-5-15)22-14(3)24/h4,6-13,15H,5H2,1-3H3,(H,22,24)/b19-12+. The molecule has 3 rings (SSSR count). The number of rotatable bonds is 5. The first-order valence-electron chi connectivity index (χ1n) is 8.86. The molecule has 1 unspecified atom stereocenters. The predicted molar refractivity (Wildman–Crippen MR) is 102 cm³/mol. The maximum atomic E-state index is 12.1. The van der Waals surface area contributed by atoms with Crippen LogP contribution in [0.25, 0.3) is 0 Å². The minimum atomic E-state index is -0.461. The summed E-state index contributed by atoms with van der Waals surface area (Å²) in [5.41, 5.74) is 1.77. The van der Waals surface area contributed by atoms with Gasteiger partial charge >= 0.3 is 5.97 Å². The fourth-order valence-electron chi connectivity index (χ4n) is 2.75. The summed E-state index contributed by atoms with van der Waals surface area (Å²) in [6, 6.07) is 7.28. The molecule has 1 atom stereocenters. The molecule has 1 aromatic carbocycles. The van der Waals surface area contributed by atoms with Crippen molar-refractivity contribution in [1.82, 2.24) is 5.32 Å². The number of ether oxygens (including phenoxy) is 2. The minimum Gasteiger partial charge on any atom is -0.491 e. The Morgan fingerprint density at radius 2 is 2.07 bits per heavy atom. The number of nitrogens with one attached hydrogen (secondary N) is 1. The average Bonchev–Trinajstić information content (AvgIpc) is 2.97. The zero-order valence-corrected chi connectivity index (χ0v) is 15.6. The highest BCUT2D eigenvalue weighted by atomic mass is 16.6. The zero-order valence-electron chi connectivity index (χ0n) is 15.6. The van der Waals surface area contributed by atoms with Gasteiger partial charge in [-0.2, -0.15) is 0 Å². The lowest BCUT2D eigenvalue weighted by molar-refractivity contribution is -0.130. The van der Waals surface area contributed by atoms with Crippen molar-refractivity contribution in [2.24, 2.45) is 10.9 Å². The Balaban J connectivity index is 1.69. The second-order valence-corrected chi connectivity index (χ2v) is 6.65. The number of nitrogens with zero attached hydrogens (tertiary/aromatic N) is 1. The number of carbonyl (C=O) groups is 2. The van der Waals surface area contributed by atoms with Crippen molar-refractivity contribution in [2.45, 2.75) is 33.3 Å². The Bertz CT molecular complexity index is 861. The molecule has 1 amide bonds. The summed E-state index contributed by atoms with van der Waals surface area (Å²) in [6.45, 7) is 5.39. The van der Waals surface area contributed by atoms with Crippen LogP contribution in [0.2, 0.25) is 0 Å². The first-order valence-corrected chi connectivity index (χ1v) is 8.86. The smallest absolute Gasteiger partial charge is 0.363 e. The van der Waals surface area contributed by atoms with Gasteiger partial charge in [-0.05, 0) is 56.7 Å². The van der Waals surface area contributed by atoms with Gasteiger partial charge in [0.1, 0.15) is 11.4 Å². The van der Waals surface area contributed by atoms with E-state index in [0.29, 0.717) is 12.1 Å². The number of esters is 1. The molecule has 6 nitrogen and oxygen atoms in total. The molecule has 1 aliphatic carbocycles. The Kier molecular flexibility index (Phi) is 5.54. The lowest BCUT2D eigenvalue weighted by atomic mass is 9.98. The number of amides is 1. The second-order valence-electron chi connectivity index (χ2n) is 6.65. The quantitative estimate of drug-likeness (QED) is 0.641. The van der Waals surface area contributed by atoms with Crippen LogP contribution in [0.5, 0.6) is 5.75 Å². The number of aliphatic imine (C=N–C) groups is 1. The van der Waals surface area contributed by atoms with Crippen molar-refractivity contribution >= 4 is 17.8 Å². The predicted octanol–water partition coefficient (Wildman–Crippen LogP) is 3.26. The van der Waals surface area contributed by atoms with Crippen LogP contribution in [-0.2, 0) is 14.3 Å². The third-order valence-electron chi connectivity index (χ3n) is 3.92. The van der Waals surface area contributed by atoms with E-state index in [4.69, 9.17) is 9.47 Å². The summed E-state index contributed by atoms with van der Waals surface area (Å²) >= 11 is 0. The van der Waals surface area contributed by atoms with Crippen LogP contribution in [0.1, 0.15) is 32.8 Å². The number of hydrogen-bond donors (Lipinski definition) is 1. The van der Waals surface area contributed by atoms with E-state index in [1.54, 1.807) is 6.08 Å². The van der Waals surface area contributed by atoms with Crippen LogP contribution < -0.4 is 10.1 Å². The summed E-state index contributed by atoms with van der Waals surface area (Å²) in [7, 11) is 0. The van der Waals surface area contributed by atoms with Crippen molar-refractivity contribution in [3.05, 3.63) is 65.5 Å². The molecule has 0 spiro atoms. The lowest BCUT2D eigenvalue weighted by Crippen LogP contribution is -2.19. The average molecular weight is 366 g/mol. The maximum absolute atomic E-state index is 12.1. The fraction of sp³-hybridized carbons (Fsp3) is 0.286. The van der Waals surface area contributed by atoms with E-state index in [1.807, 2.05) is 56.3 Å². The molecule has 0 saturated carbocycles. The van der Waals surface area contributed by atoms with Crippen molar-refractivity contribution in [1.29, 1.82) is 0 Å². The highest BCUT2D eigenvalue weighted by molar-refractivity contribution is 6.11. The number of benzene rings is 1. The van der Waals surface area contributed by atoms with E-state index < -0.39 is 5.97 Å². The SMILES string of the molecule is CC(=O)NC1=CCC(/C=C2/N=C(c3ccc(OC(C)C)cc3)OC2=O)C=C1. The zero-order chi connectivity index (χ0) is 19.4. The largest absolute Gasteiger partial charge is 0.491 e. The molecule has 2 aliphatic rings. The van der Waals surface area contributed by atoms with Gasteiger partial charge in [0, 0.05) is 24.1 Å². The van der Waals surface area contributed by atoms with Crippen molar-refractivity contribution < 1.29 is 19.1 Å². The van der Waals surface area contributed by atoms with Crippen molar-refractivity contribution in [3.63, 3.8) is 0 Å². The van der Waals surface area contributed by atoms with Crippen LogP contribution >= 0.6 is 0 Å². The number of allylic oxidation sites excluding steroid dienone is 4. The molecule has 1 aliphatic heterocycles. The summed E-state index contributed by atoms with van der Waals surface area (Å²) in [6.07, 6.45) is 8.22. The Labute approximate surface area is 158 Å². The molecule has 0 fully saturated rings. The maximum Gasteiger partial charge on any atom is 0.363 e. The van der Waals surface area contributed by atoms with E-state index in [0.717, 1.165) is 17.0 Å². The van der Waals surface area contributed by atoms with E-state index in [1.165, 1.54) is 6.92 Å². The molecule has 1 N–H and O–H groups in total. The summed E-state index contributed by atoms with van der Waals surface area (Å²) in [5.74, 6) is 0.494. The van der Waals surface area contributed by atoms with Crippen LogP contribution in [0, 0.1) is 5.92 Å². The van der Waals surface area contributed by atoms with Gasteiger partial charge < -0.3 is 14.8 Å². The number of cyclic esters (lactones) is 1. The van der Waals surface area contributed by atoms with E-state index in [9.17, 15) is 9.59 Å². The van der Waals surface area contributed by atoms with E-state index in [2.05, 4.69) is 10.3 Å². The molecule has 1 aromatic rings. The number of hydrogen-bond acceptors (Lipinski definition) is 5. The van der Waals surface area contributed by atoms with E-state index >= 15 is 0 Å². The highest BCUT2D eigenvalue weighted by Gasteiger charge is 2.25.